The monoisotopic (exact) mass is 639 g/mol. The highest BCUT2D eigenvalue weighted by Crippen LogP contribution is 2.68. The number of halogens is 1. The molecule has 3 rings (SSSR count). The van der Waals surface area contributed by atoms with E-state index in [0.29, 0.717) is 32.5 Å². The van der Waals surface area contributed by atoms with E-state index in [9.17, 15) is 19.5 Å². The maximum absolute atomic E-state index is 14.9. The SMILES string of the molecule is C=CCN(CCC)C(=O)[C@H]1[C@@H]2SC3(CC2Br)C(C(=O)N(CC=C)C(C)(C)CC(C)(C)C)N([C@@H](CC)CO)C(=O)[C@H]13. The topological polar surface area (TPSA) is 81.2 Å². The summed E-state index contributed by atoms with van der Waals surface area (Å²) in [7, 11) is 0. The van der Waals surface area contributed by atoms with Gasteiger partial charge in [0.05, 0.1) is 29.2 Å². The largest absolute Gasteiger partial charge is 0.394 e. The fraction of sp³-hybridized carbons (Fsp3) is 0.774. The number of amides is 3. The lowest BCUT2D eigenvalue weighted by molar-refractivity contribution is -0.149. The van der Waals surface area contributed by atoms with Crippen LogP contribution >= 0.6 is 27.7 Å². The second kappa shape index (κ2) is 12.5. The molecule has 0 aromatic carbocycles. The molecule has 9 heteroatoms. The summed E-state index contributed by atoms with van der Waals surface area (Å²) in [5.74, 6) is -1.47. The fourth-order valence-electron chi connectivity index (χ4n) is 7.67. The summed E-state index contributed by atoms with van der Waals surface area (Å²) in [4.78, 5) is 48.8. The minimum atomic E-state index is -0.770. The normalized spacial score (nSPS) is 30.3. The molecular formula is C31H50BrN3O4S. The van der Waals surface area contributed by atoms with E-state index >= 15 is 0 Å². The molecule has 1 N–H and O–H groups in total. The third-order valence-corrected chi connectivity index (χ3v) is 12.0. The first-order chi connectivity index (χ1) is 18.6. The quantitative estimate of drug-likeness (QED) is 0.230. The number of alkyl halides is 1. The van der Waals surface area contributed by atoms with Gasteiger partial charge in [-0.3, -0.25) is 14.4 Å². The van der Waals surface area contributed by atoms with Gasteiger partial charge in [0.2, 0.25) is 17.7 Å². The summed E-state index contributed by atoms with van der Waals surface area (Å²) in [6, 6.07) is -1.27. The number of hydrogen-bond acceptors (Lipinski definition) is 5. The number of carbonyl (C=O) groups is 3. The zero-order valence-corrected chi connectivity index (χ0v) is 27.9. The van der Waals surface area contributed by atoms with Crippen molar-refractivity contribution in [1.29, 1.82) is 0 Å². The van der Waals surface area contributed by atoms with Crippen molar-refractivity contribution in [3.05, 3.63) is 25.3 Å². The van der Waals surface area contributed by atoms with Gasteiger partial charge in [0.1, 0.15) is 6.04 Å². The predicted molar refractivity (Wildman–Crippen MR) is 167 cm³/mol. The van der Waals surface area contributed by atoms with Crippen LogP contribution in [0.5, 0.6) is 0 Å². The summed E-state index contributed by atoms with van der Waals surface area (Å²) < 4.78 is -0.751. The lowest BCUT2D eigenvalue weighted by Crippen LogP contribution is -2.61. The Bertz CT molecular complexity index is 994. The first kappa shape index (κ1) is 33.2. The van der Waals surface area contributed by atoms with Crippen LogP contribution in [0.3, 0.4) is 0 Å². The number of nitrogens with zero attached hydrogens (tertiary/aromatic N) is 3. The van der Waals surface area contributed by atoms with E-state index in [2.05, 4.69) is 63.7 Å². The number of aliphatic hydroxyl groups is 1. The van der Waals surface area contributed by atoms with Crippen LogP contribution in [0.2, 0.25) is 0 Å². The average Bonchev–Trinajstić information content (AvgIpc) is 3.44. The summed E-state index contributed by atoms with van der Waals surface area (Å²) in [6.45, 7) is 23.5. The molecule has 2 bridgehead atoms. The first-order valence-electron chi connectivity index (χ1n) is 14.7. The summed E-state index contributed by atoms with van der Waals surface area (Å²) in [5, 5.41) is 10.3. The Morgan fingerprint density at radius 3 is 2.30 bits per heavy atom. The minimum absolute atomic E-state index is 0.00241. The minimum Gasteiger partial charge on any atom is -0.394 e. The molecule has 3 fully saturated rings. The molecule has 3 heterocycles. The predicted octanol–water partition coefficient (Wildman–Crippen LogP) is 4.88. The number of carbonyl (C=O) groups excluding carboxylic acids is 3. The van der Waals surface area contributed by atoms with Crippen LogP contribution in [-0.2, 0) is 14.4 Å². The lowest BCUT2D eigenvalue weighted by Gasteiger charge is -2.46. The molecule has 3 saturated heterocycles. The van der Waals surface area contributed by atoms with Crippen molar-refractivity contribution in [2.75, 3.05) is 26.2 Å². The zero-order chi connectivity index (χ0) is 30.2. The van der Waals surface area contributed by atoms with Gasteiger partial charge in [0.25, 0.3) is 0 Å². The van der Waals surface area contributed by atoms with Crippen molar-refractivity contribution in [3.63, 3.8) is 0 Å². The average molecular weight is 641 g/mol. The highest BCUT2D eigenvalue weighted by molar-refractivity contribution is 9.09. The van der Waals surface area contributed by atoms with Crippen LogP contribution in [-0.4, -0.2) is 96.2 Å². The van der Waals surface area contributed by atoms with E-state index in [4.69, 9.17) is 0 Å². The van der Waals surface area contributed by atoms with E-state index < -0.39 is 34.2 Å². The Hall–Kier alpha value is -1.32. The molecule has 0 aromatic rings. The Balaban J connectivity index is 2.16. The summed E-state index contributed by atoms with van der Waals surface area (Å²) in [6.07, 6.45) is 6.19. The molecule has 40 heavy (non-hydrogen) atoms. The van der Waals surface area contributed by atoms with Crippen LogP contribution in [0.4, 0.5) is 0 Å². The van der Waals surface area contributed by atoms with Crippen molar-refractivity contribution in [2.24, 2.45) is 17.3 Å². The van der Waals surface area contributed by atoms with Crippen LogP contribution in [0.25, 0.3) is 0 Å². The number of aliphatic hydroxyl groups excluding tert-OH is 1. The molecule has 3 aliphatic heterocycles. The number of thioether (sulfide) groups is 1. The van der Waals surface area contributed by atoms with Crippen molar-refractivity contribution < 1.29 is 19.5 Å². The van der Waals surface area contributed by atoms with Gasteiger partial charge < -0.3 is 19.8 Å². The van der Waals surface area contributed by atoms with E-state index in [1.165, 1.54) is 0 Å². The highest BCUT2D eigenvalue weighted by Gasteiger charge is 2.76. The van der Waals surface area contributed by atoms with Crippen LogP contribution < -0.4 is 0 Å². The van der Waals surface area contributed by atoms with Gasteiger partial charge in [-0.1, -0.05) is 62.7 Å². The number of rotatable bonds is 13. The molecule has 7 atom stereocenters. The van der Waals surface area contributed by atoms with Crippen LogP contribution in [0, 0.1) is 17.3 Å². The van der Waals surface area contributed by atoms with Gasteiger partial charge in [-0.05, 0) is 44.9 Å². The van der Waals surface area contributed by atoms with E-state index in [1.807, 2.05) is 18.7 Å². The number of likely N-dealkylation sites (tertiary alicyclic amines) is 1. The summed E-state index contributed by atoms with van der Waals surface area (Å²) in [5.41, 5.74) is -0.529. The molecule has 0 aromatic heterocycles. The Kier molecular flexibility index (Phi) is 10.4. The molecule has 0 saturated carbocycles. The molecule has 3 unspecified atom stereocenters. The van der Waals surface area contributed by atoms with Gasteiger partial charge in [-0.25, -0.2) is 0 Å². The van der Waals surface area contributed by atoms with Crippen molar-refractivity contribution in [2.45, 2.75) is 107 Å². The van der Waals surface area contributed by atoms with Gasteiger partial charge in [0.15, 0.2) is 0 Å². The molecule has 0 aliphatic carbocycles. The molecular weight excluding hydrogens is 590 g/mol. The van der Waals surface area contributed by atoms with Crippen molar-refractivity contribution >= 4 is 45.4 Å². The van der Waals surface area contributed by atoms with Gasteiger partial charge >= 0.3 is 0 Å². The van der Waals surface area contributed by atoms with Crippen LogP contribution in [0.1, 0.15) is 74.1 Å². The van der Waals surface area contributed by atoms with Crippen molar-refractivity contribution in [1.82, 2.24) is 14.7 Å². The number of hydrogen-bond donors (Lipinski definition) is 1. The smallest absolute Gasteiger partial charge is 0.247 e. The van der Waals surface area contributed by atoms with E-state index in [0.717, 1.165) is 12.8 Å². The second-order valence-electron chi connectivity index (χ2n) is 13.5. The van der Waals surface area contributed by atoms with Gasteiger partial charge in [-0.2, -0.15) is 0 Å². The molecule has 1 spiro atoms. The third kappa shape index (κ3) is 5.81. The fourth-order valence-corrected chi connectivity index (χ4v) is 11.3. The zero-order valence-electron chi connectivity index (χ0n) is 25.5. The molecule has 3 amide bonds. The van der Waals surface area contributed by atoms with Gasteiger partial charge in [0, 0.05) is 35.3 Å². The van der Waals surface area contributed by atoms with Gasteiger partial charge in [-0.15, -0.1) is 24.9 Å². The van der Waals surface area contributed by atoms with E-state index in [-0.39, 0.29) is 39.8 Å². The maximum atomic E-state index is 14.9. The van der Waals surface area contributed by atoms with Crippen LogP contribution in [0.15, 0.2) is 25.3 Å². The standard InChI is InChI=1S/C31H50BrN3O4S/c1-10-14-33(15-11-2)26(37)22-23-27(38)35(20(13-4)18-36)25(31(23)17-21(32)24(22)40-31)28(39)34(16-12-3)30(8,9)19-29(5,6)7/h10,12,20-25,36H,1,3,11,13-19H2,2,4-9H3/t20-,21?,22+,23-,24+,25?,31?/m0/s1. The molecule has 0 radical (unpaired) electrons. The van der Waals surface area contributed by atoms with Crippen molar-refractivity contribution in [3.8, 4) is 0 Å². The Labute approximate surface area is 254 Å². The molecule has 7 nitrogen and oxygen atoms in total. The summed E-state index contributed by atoms with van der Waals surface area (Å²) >= 11 is 5.52. The number of fused-ring (bicyclic) bond motifs is 1. The third-order valence-electron chi connectivity index (χ3n) is 8.75. The Morgan fingerprint density at radius 1 is 1.18 bits per heavy atom. The maximum Gasteiger partial charge on any atom is 0.247 e. The highest BCUT2D eigenvalue weighted by atomic mass is 79.9. The molecule has 3 aliphatic rings. The van der Waals surface area contributed by atoms with E-state index in [1.54, 1.807) is 33.7 Å². The Morgan fingerprint density at radius 2 is 1.80 bits per heavy atom. The second-order valence-corrected chi connectivity index (χ2v) is 16.2. The first-order valence-corrected chi connectivity index (χ1v) is 16.5. The molecule has 226 valence electrons. The lowest BCUT2D eigenvalue weighted by atomic mass is 9.70.